The molecule has 0 aliphatic carbocycles. The van der Waals surface area contributed by atoms with Crippen LogP contribution in [0.4, 0.5) is 10.1 Å². The molecule has 0 atom stereocenters. The normalized spacial score (nSPS) is 11.0. The molecule has 0 heterocycles. The van der Waals surface area contributed by atoms with Gasteiger partial charge in [0.1, 0.15) is 23.9 Å². The number of carboxylic acids is 1. The summed E-state index contributed by atoms with van der Waals surface area (Å²) in [4.78, 5) is 11.1. The van der Waals surface area contributed by atoms with Crippen molar-refractivity contribution in [2.24, 2.45) is 0 Å². The highest BCUT2D eigenvalue weighted by atomic mass is 19.1. The molecule has 0 saturated carbocycles. The number of carboxylic acid groups (broad SMARTS) is 1. The van der Waals surface area contributed by atoms with Crippen LogP contribution in [0, 0.1) is 5.82 Å². The molecule has 0 spiro atoms. The highest BCUT2D eigenvalue weighted by Crippen LogP contribution is 2.22. The van der Waals surface area contributed by atoms with Gasteiger partial charge in [0.15, 0.2) is 5.60 Å². The van der Waals surface area contributed by atoms with Gasteiger partial charge in [-0.05, 0) is 73.5 Å². The van der Waals surface area contributed by atoms with Crippen LogP contribution >= 0.6 is 0 Å². The van der Waals surface area contributed by atoms with Gasteiger partial charge in [-0.25, -0.2) is 9.18 Å². The summed E-state index contributed by atoms with van der Waals surface area (Å²) < 4.78 is 24.1. The molecule has 0 aromatic heterocycles. The Balaban J connectivity index is 1.48. The number of anilines is 1. The average molecular weight is 409 g/mol. The summed E-state index contributed by atoms with van der Waals surface area (Å²) in [6.07, 6.45) is 0. The molecule has 3 aromatic carbocycles. The molecule has 0 aliphatic heterocycles. The van der Waals surface area contributed by atoms with Crippen LogP contribution in [0.3, 0.4) is 0 Å². The van der Waals surface area contributed by atoms with Gasteiger partial charge in [-0.1, -0.05) is 24.3 Å². The quantitative estimate of drug-likeness (QED) is 0.505. The van der Waals surface area contributed by atoms with Crippen molar-refractivity contribution in [3.05, 3.63) is 89.7 Å². The lowest BCUT2D eigenvalue weighted by Crippen LogP contribution is -2.37. The molecule has 5 nitrogen and oxygen atoms in total. The summed E-state index contributed by atoms with van der Waals surface area (Å²) in [6, 6.07) is 21.1. The number of aliphatic carboxylic acids is 1. The molecule has 0 unspecified atom stereocenters. The molecule has 3 rings (SSSR count). The van der Waals surface area contributed by atoms with Crippen molar-refractivity contribution in [1.29, 1.82) is 0 Å². The SMILES string of the molecule is CC(C)(Oc1ccc(NCc2ccc(OCc3ccc(F)cc3)cc2)cc1)C(=O)O. The Morgan fingerprint density at radius 1 is 0.900 bits per heavy atom. The van der Waals surface area contributed by atoms with Gasteiger partial charge in [0.2, 0.25) is 0 Å². The van der Waals surface area contributed by atoms with E-state index in [0.717, 1.165) is 22.6 Å². The van der Waals surface area contributed by atoms with Crippen LogP contribution in [0.15, 0.2) is 72.8 Å². The first-order chi connectivity index (χ1) is 14.3. The number of ether oxygens (including phenoxy) is 2. The highest BCUT2D eigenvalue weighted by Gasteiger charge is 2.29. The lowest BCUT2D eigenvalue weighted by atomic mass is 10.1. The Bertz CT molecular complexity index is 968. The van der Waals surface area contributed by atoms with Gasteiger partial charge >= 0.3 is 5.97 Å². The Morgan fingerprint density at radius 2 is 1.47 bits per heavy atom. The first-order valence-electron chi connectivity index (χ1n) is 9.54. The zero-order valence-electron chi connectivity index (χ0n) is 16.9. The molecular weight excluding hydrogens is 385 g/mol. The maximum Gasteiger partial charge on any atom is 0.347 e. The molecule has 3 aromatic rings. The van der Waals surface area contributed by atoms with Gasteiger partial charge in [-0.15, -0.1) is 0 Å². The summed E-state index contributed by atoms with van der Waals surface area (Å²) >= 11 is 0. The molecule has 0 radical (unpaired) electrons. The molecule has 30 heavy (non-hydrogen) atoms. The van der Waals surface area contributed by atoms with Gasteiger partial charge in [-0.2, -0.15) is 0 Å². The van der Waals surface area contributed by atoms with Crippen LogP contribution in [0.1, 0.15) is 25.0 Å². The van der Waals surface area contributed by atoms with Gasteiger partial charge in [0.25, 0.3) is 0 Å². The number of nitrogens with one attached hydrogen (secondary N) is 1. The molecule has 0 amide bonds. The van der Waals surface area contributed by atoms with Crippen LogP contribution in [-0.4, -0.2) is 16.7 Å². The number of hydrogen-bond donors (Lipinski definition) is 2. The second-order valence-corrected chi connectivity index (χ2v) is 7.35. The van der Waals surface area contributed by atoms with Crippen LogP contribution in [-0.2, 0) is 17.9 Å². The fourth-order valence-electron chi connectivity index (χ4n) is 2.63. The molecule has 6 heteroatoms. The summed E-state index contributed by atoms with van der Waals surface area (Å²) in [6.45, 7) is 4.02. The number of carbonyl (C=O) groups is 1. The molecule has 0 bridgehead atoms. The number of halogens is 1. The molecule has 0 saturated heterocycles. The van der Waals surface area contributed by atoms with Crippen molar-refractivity contribution in [3.8, 4) is 11.5 Å². The maximum atomic E-state index is 12.9. The maximum absolute atomic E-state index is 12.9. The summed E-state index contributed by atoms with van der Waals surface area (Å²) in [7, 11) is 0. The molecule has 0 fully saturated rings. The summed E-state index contributed by atoms with van der Waals surface area (Å²) in [5.41, 5.74) is 1.60. The van der Waals surface area contributed by atoms with E-state index in [1.165, 1.54) is 26.0 Å². The molecule has 0 aliphatic rings. The van der Waals surface area contributed by atoms with Gasteiger partial charge < -0.3 is 19.9 Å². The van der Waals surface area contributed by atoms with E-state index in [0.29, 0.717) is 18.9 Å². The van der Waals surface area contributed by atoms with E-state index in [4.69, 9.17) is 14.6 Å². The lowest BCUT2D eigenvalue weighted by Gasteiger charge is -2.21. The lowest BCUT2D eigenvalue weighted by molar-refractivity contribution is -0.152. The van der Waals surface area contributed by atoms with Crippen LogP contribution in [0.2, 0.25) is 0 Å². The topological polar surface area (TPSA) is 67.8 Å². The number of benzene rings is 3. The van der Waals surface area contributed by atoms with E-state index in [9.17, 15) is 9.18 Å². The fourth-order valence-corrected chi connectivity index (χ4v) is 2.63. The molecular formula is C24H24FNO4. The molecule has 156 valence electrons. The third-order valence-corrected chi connectivity index (χ3v) is 4.48. The van der Waals surface area contributed by atoms with Crippen molar-refractivity contribution in [2.75, 3.05) is 5.32 Å². The fraction of sp³-hybridized carbons (Fsp3) is 0.208. The monoisotopic (exact) mass is 409 g/mol. The van der Waals surface area contributed by atoms with E-state index < -0.39 is 11.6 Å². The second-order valence-electron chi connectivity index (χ2n) is 7.35. The predicted molar refractivity (Wildman–Crippen MR) is 113 cm³/mol. The minimum Gasteiger partial charge on any atom is -0.489 e. The van der Waals surface area contributed by atoms with Crippen molar-refractivity contribution in [3.63, 3.8) is 0 Å². The van der Waals surface area contributed by atoms with Crippen LogP contribution in [0.25, 0.3) is 0 Å². The zero-order valence-corrected chi connectivity index (χ0v) is 16.9. The Morgan fingerprint density at radius 3 is 2.07 bits per heavy atom. The number of rotatable bonds is 9. The van der Waals surface area contributed by atoms with E-state index in [1.807, 2.05) is 36.4 Å². The van der Waals surface area contributed by atoms with Gasteiger partial charge in [0, 0.05) is 12.2 Å². The largest absolute Gasteiger partial charge is 0.489 e. The van der Waals surface area contributed by atoms with E-state index >= 15 is 0 Å². The Kier molecular flexibility index (Phi) is 6.57. The Labute approximate surface area is 175 Å². The average Bonchev–Trinajstić information content (AvgIpc) is 2.73. The van der Waals surface area contributed by atoms with E-state index in [2.05, 4.69) is 5.32 Å². The van der Waals surface area contributed by atoms with Crippen LogP contribution in [0.5, 0.6) is 11.5 Å². The standard InChI is InChI=1S/C24H24FNO4/c1-24(2,23(27)28)30-22-13-9-20(10-14-22)26-15-17-5-11-21(12-6-17)29-16-18-3-7-19(25)8-4-18/h3-14,26H,15-16H2,1-2H3,(H,27,28). The second kappa shape index (κ2) is 9.31. The molecule has 2 N–H and O–H groups in total. The highest BCUT2D eigenvalue weighted by molar-refractivity contribution is 5.76. The smallest absolute Gasteiger partial charge is 0.347 e. The first-order valence-corrected chi connectivity index (χ1v) is 9.54. The predicted octanol–water partition coefficient (Wildman–Crippen LogP) is 5.26. The zero-order chi connectivity index (χ0) is 21.6. The van der Waals surface area contributed by atoms with Crippen molar-refractivity contribution in [1.82, 2.24) is 0 Å². The van der Waals surface area contributed by atoms with Gasteiger partial charge in [0.05, 0.1) is 0 Å². The van der Waals surface area contributed by atoms with Gasteiger partial charge in [-0.3, -0.25) is 0 Å². The van der Waals surface area contributed by atoms with E-state index in [1.54, 1.807) is 24.3 Å². The van der Waals surface area contributed by atoms with Crippen molar-refractivity contribution >= 4 is 11.7 Å². The first kappa shape index (κ1) is 21.2. The van der Waals surface area contributed by atoms with E-state index in [-0.39, 0.29) is 5.82 Å². The third kappa shape index (κ3) is 5.98. The minimum absolute atomic E-state index is 0.262. The summed E-state index contributed by atoms with van der Waals surface area (Å²) in [5, 5.41) is 12.4. The minimum atomic E-state index is -1.28. The number of hydrogen-bond acceptors (Lipinski definition) is 4. The van der Waals surface area contributed by atoms with Crippen molar-refractivity contribution < 1.29 is 23.8 Å². The summed E-state index contributed by atoms with van der Waals surface area (Å²) in [5.74, 6) is -0.0436. The Hall–Kier alpha value is -3.54. The van der Waals surface area contributed by atoms with Crippen molar-refractivity contribution in [2.45, 2.75) is 32.6 Å². The van der Waals surface area contributed by atoms with Crippen LogP contribution < -0.4 is 14.8 Å². The third-order valence-electron chi connectivity index (χ3n) is 4.48.